The highest BCUT2D eigenvalue weighted by Gasteiger charge is 2.14. The van der Waals surface area contributed by atoms with Crippen LogP contribution in [0, 0.1) is 11.3 Å². The Morgan fingerprint density at radius 3 is 2.86 bits per heavy atom. The minimum Gasteiger partial charge on any atom is -0.457 e. The van der Waals surface area contributed by atoms with Gasteiger partial charge in [-0.1, -0.05) is 6.07 Å². The SMILES string of the molecule is CC(=O)c1c(Oc2cccc(C#N)c2)ccc2[nH]ccc12. The second kappa shape index (κ2) is 5.14. The highest BCUT2D eigenvalue weighted by atomic mass is 16.5. The predicted molar refractivity (Wildman–Crippen MR) is 79.5 cm³/mol. The summed E-state index contributed by atoms with van der Waals surface area (Å²) in [5.74, 6) is 0.961. The first-order chi connectivity index (χ1) is 10.2. The molecule has 2 aromatic carbocycles. The first-order valence-electron chi connectivity index (χ1n) is 6.48. The smallest absolute Gasteiger partial charge is 0.164 e. The molecule has 1 N–H and O–H groups in total. The number of carbonyl (C=O) groups excluding carboxylic acids is 1. The van der Waals surface area contributed by atoms with Gasteiger partial charge in [-0.05, 0) is 43.3 Å². The number of hydrogen-bond donors (Lipinski definition) is 1. The lowest BCUT2D eigenvalue weighted by atomic mass is 10.1. The molecule has 1 heterocycles. The van der Waals surface area contributed by atoms with Crippen LogP contribution in [0.25, 0.3) is 10.9 Å². The molecule has 0 atom stereocenters. The molecule has 0 aliphatic carbocycles. The molecular formula is C17H12N2O2. The Labute approximate surface area is 121 Å². The summed E-state index contributed by atoms with van der Waals surface area (Å²) in [5.41, 5.74) is 1.94. The summed E-state index contributed by atoms with van der Waals surface area (Å²) < 4.78 is 5.80. The van der Waals surface area contributed by atoms with E-state index in [0.717, 1.165) is 10.9 Å². The maximum absolute atomic E-state index is 11.9. The van der Waals surface area contributed by atoms with Crippen molar-refractivity contribution in [3.8, 4) is 17.6 Å². The summed E-state index contributed by atoms with van der Waals surface area (Å²) in [7, 11) is 0. The van der Waals surface area contributed by atoms with Crippen molar-refractivity contribution in [3.63, 3.8) is 0 Å². The van der Waals surface area contributed by atoms with E-state index >= 15 is 0 Å². The summed E-state index contributed by atoms with van der Waals surface area (Å²) in [4.78, 5) is 15.0. The Hall–Kier alpha value is -3.06. The number of Topliss-reactive ketones (excluding diaryl/α,β-unsaturated/α-hetero) is 1. The van der Waals surface area contributed by atoms with E-state index in [9.17, 15) is 4.79 Å². The van der Waals surface area contributed by atoms with Crippen LogP contribution >= 0.6 is 0 Å². The summed E-state index contributed by atoms with van der Waals surface area (Å²) in [6, 6.07) is 14.4. The number of fused-ring (bicyclic) bond motifs is 1. The van der Waals surface area contributed by atoms with Crippen LogP contribution in [-0.4, -0.2) is 10.8 Å². The molecule has 0 bridgehead atoms. The zero-order chi connectivity index (χ0) is 14.8. The highest BCUT2D eigenvalue weighted by Crippen LogP contribution is 2.31. The lowest BCUT2D eigenvalue weighted by molar-refractivity contribution is 0.101. The molecule has 3 rings (SSSR count). The molecule has 0 amide bonds. The normalized spacial score (nSPS) is 10.3. The van der Waals surface area contributed by atoms with Crippen LogP contribution in [0.3, 0.4) is 0 Å². The fourth-order valence-electron chi connectivity index (χ4n) is 2.32. The zero-order valence-corrected chi connectivity index (χ0v) is 11.4. The van der Waals surface area contributed by atoms with E-state index in [-0.39, 0.29) is 5.78 Å². The second-order valence-electron chi connectivity index (χ2n) is 4.68. The Morgan fingerprint density at radius 1 is 1.24 bits per heavy atom. The van der Waals surface area contributed by atoms with Gasteiger partial charge in [0.15, 0.2) is 5.78 Å². The lowest BCUT2D eigenvalue weighted by Crippen LogP contribution is -1.98. The second-order valence-corrected chi connectivity index (χ2v) is 4.68. The van der Waals surface area contributed by atoms with Gasteiger partial charge in [-0.2, -0.15) is 5.26 Å². The minimum atomic E-state index is -0.0633. The fourth-order valence-corrected chi connectivity index (χ4v) is 2.32. The van der Waals surface area contributed by atoms with Crippen LogP contribution in [0.1, 0.15) is 22.8 Å². The average Bonchev–Trinajstić information content (AvgIpc) is 2.95. The van der Waals surface area contributed by atoms with E-state index in [1.165, 1.54) is 6.92 Å². The van der Waals surface area contributed by atoms with Gasteiger partial charge in [-0.25, -0.2) is 0 Å². The van der Waals surface area contributed by atoms with Gasteiger partial charge < -0.3 is 9.72 Å². The van der Waals surface area contributed by atoms with Gasteiger partial charge in [0.05, 0.1) is 17.2 Å². The minimum absolute atomic E-state index is 0.0633. The number of H-pyrrole nitrogens is 1. The number of nitriles is 1. The number of ketones is 1. The Morgan fingerprint density at radius 2 is 2.10 bits per heavy atom. The molecule has 1 aromatic heterocycles. The molecule has 3 aromatic rings. The number of ether oxygens (including phenoxy) is 1. The first-order valence-corrected chi connectivity index (χ1v) is 6.48. The van der Waals surface area contributed by atoms with Crippen molar-refractivity contribution in [2.45, 2.75) is 6.92 Å². The Balaban J connectivity index is 2.09. The molecule has 4 nitrogen and oxygen atoms in total. The van der Waals surface area contributed by atoms with Gasteiger partial charge in [0.25, 0.3) is 0 Å². The first kappa shape index (κ1) is 12.9. The number of nitrogens with one attached hydrogen (secondary N) is 1. The van der Waals surface area contributed by atoms with E-state index < -0.39 is 0 Å². The average molecular weight is 276 g/mol. The van der Waals surface area contributed by atoms with Gasteiger partial charge in [-0.15, -0.1) is 0 Å². The van der Waals surface area contributed by atoms with Crippen molar-refractivity contribution in [1.82, 2.24) is 4.98 Å². The number of nitrogens with zero attached hydrogens (tertiary/aromatic N) is 1. The number of hydrogen-bond acceptors (Lipinski definition) is 3. The zero-order valence-electron chi connectivity index (χ0n) is 11.4. The highest BCUT2D eigenvalue weighted by molar-refractivity contribution is 6.09. The molecule has 0 radical (unpaired) electrons. The Kier molecular flexibility index (Phi) is 3.17. The molecule has 4 heteroatoms. The number of aromatic amines is 1. The molecule has 21 heavy (non-hydrogen) atoms. The van der Waals surface area contributed by atoms with E-state index in [1.54, 1.807) is 36.5 Å². The van der Waals surface area contributed by atoms with Crippen molar-refractivity contribution in [3.05, 3.63) is 59.8 Å². The topological polar surface area (TPSA) is 65.9 Å². The maximum atomic E-state index is 11.9. The monoisotopic (exact) mass is 276 g/mol. The van der Waals surface area contributed by atoms with Gasteiger partial charge in [0, 0.05) is 17.1 Å². The largest absolute Gasteiger partial charge is 0.457 e. The van der Waals surface area contributed by atoms with Crippen LogP contribution < -0.4 is 4.74 Å². The number of aromatic nitrogens is 1. The van der Waals surface area contributed by atoms with Crippen molar-refractivity contribution < 1.29 is 9.53 Å². The standard InChI is InChI=1S/C17H12N2O2/c1-11(20)17-14-7-8-19-15(14)5-6-16(17)21-13-4-2-3-12(9-13)10-18/h2-9,19H,1H3. The molecule has 0 spiro atoms. The van der Waals surface area contributed by atoms with Crippen molar-refractivity contribution in [2.75, 3.05) is 0 Å². The van der Waals surface area contributed by atoms with Gasteiger partial charge >= 0.3 is 0 Å². The molecular weight excluding hydrogens is 264 g/mol. The van der Waals surface area contributed by atoms with Crippen LogP contribution in [-0.2, 0) is 0 Å². The molecule has 0 aliphatic heterocycles. The molecule has 0 saturated carbocycles. The van der Waals surface area contributed by atoms with Gasteiger partial charge in [0.2, 0.25) is 0 Å². The van der Waals surface area contributed by atoms with E-state index in [0.29, 0.717) is 22.6 Å². The summed E-state index contributed by atoms with van der Waals surface area (Å²) in [6.07, 6.45) is 1.79. The molecule has 0 fully saturated rings. The third kappa shape index (κ3) is 2.37. The van der Waals surface area contributed by atoms with Crippen molar-refractivity contribution >= 4 is 16.7 Å². The van der Waals surface area contributed by atoms with Gasteiger partial charge in [-0.3, -0.25) is 4.79 Å². The summed E-state index contributed by atoms with van der Waals surface area (Å²) in [6.45, 7) is 1.51. The third-order valence-corrected chi connectivity index (χ3v) is 3.24. The van der Waals surface area contributed by atoms with Crippen LogP contribution in [0.4, 0.5) is 0 Å². The van der Waals surface area contributed by atoms with Crippen LogP contribution in [0.2, 0.25) is 0 Å². The molecule has 0 saturated heterocycles. The van der Waals surface area contributed by atoms with E-state index in [2.05, 4.69) is 11.1 Å². The number of carbonyl (C=O) groups is 1. The third-order valence-electron chi connectivity index (χ3n) is 3.24. The Bertz CT molecular complexity index is 872. The van der Waals surface area contributed by atoms with Crippen LogP contribution in [0.5, 0.6) is 11.5 Å². The maximum Gasteiger partial charge on any atom is 0.164 e. The van der Waals surface area contributed by atoms with E-state index in [4.69, 9.17) is 10.00 Å². The van der Waals surface area contributed by atoms with Gasteiger partial charge in [0.1, 0.15) is 11.5 Å². The predicted octanol–water partition coefficient (Wildman–Crippen LogP) is 4.03. The van der Waals surface area contributed by atoms with E-state index in [1.807, 2.05) is 12.1 Å². The number of benzene rings is 2. The lowest BCUT2D eigenvalue weighted by Gasteiger charge is -2.10. The van der Waals surface area contributed by atoms with Crippen LogP contribution in [0.15, 0.2) is 48.7 Å². The quantitative estimate of drug-likeness (QED) is 0.734. The molecule has 0 aliphatic rings. The summed E-state index contributed by atoms with van der Waals surface area (Å²) in [5, 5.41) is 9.75. The van der Waals surface area contributed by atoms with Crippen molar-refractivity contribution in [2.24, 2.45) is 0 Å². The fraction of sp³-hybridized carbons (Fsp3) is 0.0588. The molecule has 102 valence electrons. The summed E-state index contributed by atoms with van der Waals surface area (Å²) >= 11 is 0. The van der Waals surface area contributed by atoms with Crippen molar-refractivity contribution in [1.29, 1.82) is 5.26 Å². The molecule has 0 unspecified atom stereocenters. The number of rotatable bonds is 3.